The number of anilines is 3. The number of fused-ring (bicyclic) bond motifs is 3. The zero-order chi connectivity index (χ0) is 20.1. The van der Waals surface area contributed by atoms with Crippen LogP contribution < -0.4 is 4.90 Å². The van der Waals surface area contributed by atoms with Crippen LogP contribution in [0.3, 0.4) is 0 Å². The van der Waals surface area contributed by atoms with Crippen molar-refractivity contribution >= 4 is 39.7 Å². The quantitative estimate of drug-likeness (QED) is 0.314. The van der Waals surface area contributed by atoms with E-state index >= 15 is 0 Å². The summed E-state index contributed by atoms with van der Waals surface area (Å²) in [7, 11) is 0. The second kappa shape index (κ2) is 6.82. The molecule has 30 heavy (non-hydrogen) atoms. The van der Waals surface area contributed by atoms with Gasteiger partial charge in [-0.2, -0.15) is 0 Å². The van der Waals surface area contributed by atoms with Crippen molar-refractivity contribution in [1.29, 1.82) is 0 Å². The number of para-hydroxylation sites is 3. The molecule has 0 radical (unpaired) electrons. The molecule has 0 atom stereocenters. The highest BCUT2D eigenvalue weighted by Crippen LogP contribution is 2.54. The van der Waals surface area contributed by atoms with E-state index in [-0.39, 0.29) is 0 Å². The molecule has 3 heteroatoms. The standard InChI is InChI=1S/C27H20N2S/c1-18-14-16-19(17-15-18)26-27(20-8-2-3-9-21(20)28-26)29-22-10-4-6-12-24(22)30-25-13-7-5-11-23(25)29/h2-17,28H,1H3. The van der Waals surface area contributed by atoms with Crippen LogP contribution in [0.5, 0.6) is 0 Å². The molecule has 0 aliphatic carbocycles. The summed E-state index contributed by atoms with van der Waals surface area (Å²) >= 11 is 1.84. The molecule has 0 fully saturated rings. The molecule has 0 unspecified atom stereocenters. The van der Waals surface area contributed by atoms with Crippen molar-refractivity contribution in [3.63, 3.8) is 0 Å². The van der Waals surface area contributed by atoms with Crippen LogP contribution in [-0.4, -0.2) is 4.98 Å². The van der Waals surface area contributed by atoms with Crippen LogP contribution in [-0.2, 0) is 0 Å². The Morgan fingerprint density at radius 2 is 1.27 bits per heavy atom. The lowest BCUT2D eigenvalue weighted by molar-refractivity contribution is 1.17. The number of hydrogen-bond donors (Lipinski definition) is 1. The molecule has 1 aliphatic rings. The number of rotatable bonds is 2. The Bertz CT molecular complexity index is 1340. The lowest BCUT2D eigenvalue weighted by Gasteiger charge is -2.33. The third-order valence-electron chi connectivity index (χ3n) is 5.67. The van der Waals surface area contributed by atoms with E-state index in [1.54, 1.807) is 0 Å². The Labute approximate surface area is 180 Å². The molecule has 2 heterocycles. The van der Waals surface area contributed by atoms with Gasteiger partial charge in [0.05, 0.1) is 22.8 Å². The molecule has 0 saturated carbocycles. The second-order valence-corrected chi connectivity index (χ2v) is 8.72. The average Bonchev–Trinajstić information content (AvgIpc) is 3.17. The van der Waals surface area contributed by atoms with Crippen molar-refractivity contribution in [3.05, 3.63) is 103 Å². The van der Waals surface area contributed by atoms with Crippen molar-refractivity contribution in [2.24, 2.45) is 0 Å². The van der Waals surface area contributed by atoms with E-state index in [0.29, 0.717) is 0 Å². The van der Waals surface area contributed by atoms with Gasteiger partial charge in [0.15, 0.2) is 0 Å². The molecule has 0 amide bonds. The summed E-state index contributed by atoms with van der Waals surface area (Å²) in [6.07, 6.45) is 0. The number of hydrogen-bond acceptors (Lipinski definition) is 2. The van der Waals surface area contributed by atoms with Gasteiger partial charge in [-0.3, -0.25) is 0 Å². The average molecular weight is 405 g/mol. The van der Waals surface area contributed by atoms with Crippen LogP contribution in [0.2, 0.25) is 0 Å². The Morgan fingerprint density at radius 3 is 1.97 bits per heavy atom. The number of aryl methyl sites for hydroxylation is 1. The van der Waals surface area contributed by atoms with E-state index in [0.717, 1.165) is 11.2 Å². The minimum absolute atomic E-state index is 1.15. The van der Waals surface area contributed by atoms with Gasteiger partial charge in [0.25, 0.3) is 0 Å². The van der Waals surface area contributed by atoms with Crippen LogP contribution in [0.25, 0.3) is 22.2 Å². The molecular weight excluding hydrogens is 384 g/mol. The highest BCUT2D eigenvalue weighted by molar-refractivity contribution is 7.99. The highest BCUT2D eigenvalue weighted by atomic mass is 32.2. The summed E-state index contributed by atoms with van der Waals surface area (Å²) in [5.41, 5.74) is 8.40. The summed E-state index contributed by atoms with van der Waals surface area (Å²) in [5, 5.41) is 1.23. The molecule has 0 saturated heterocycles. The lowest BCUT2D eigenvalue weighted by Crippen LogP contribution is -2.15. The van der Waals surface area contributed by atoms with E-state index in [4.69, 9.17) is 0 Å². The van der Waals surface area contributed by atoms with Gasteiger partial charge in [0.2, 0.25) is 0 Å². The van der Waals surface area contributed by atoms with E-state index in [1.165, 1.54) is 43.4 Å². The van der Waals surface area contributed by atoms with E-state index in [1.807, 2.05) is 11.8 Å². The summed E-state index contributed by atoms with van der Waals surface area (Å²) in [5.74, 6) is 0. The van der Waals surface area contributed by atoms with Crippen LogP contribution in [0.4, 0.5) is 17.1 Å². The molecule has 1 N–H and O–H groups in total. The van der Waals surface area contributed by atoms with Gasteiger partial charge >= 0.3 is 0 Å². The van der Waals surface area contributed by atoms with Crippen molar-refractivity contribution < 1.29 is 0 Å². The third-order valence-corrected chi connectivity index (χ3v) is 6.81. The largest absolute Gasteiger partial charge is 0.353 e. The third kappa shape index (κ3) is 2.66. The molecule has 4 aromatic carbocycles. The monoisotopic (exact) mass is 404 g/mol. The molecule has 2 nitrogen and oxygen atoms in total. The van der Waals surface area contributed by atoms with Crippen molar-refractivity contribution in [1.82, 2.24) is 4.98 Å². The molecule has 0 bridgehead atoms. The van der Waals surface area contributed by atoms with Gasteiger partial charge in [-0.05, 0) is 37.3 Å². The minimum Gasteiger partial charge on any atom is -0.353 e. The Balaban J connectivity index is 1.70. The number of benzene rings is 4. The fourth-order valence-electron chi connectivity index (χ4n) is 4.23. The number of aromatic nitrogens is 1. The molecule has 144 valence electrons. The van der Waals surface area contributed by atoms with Crippen molar-refractivity contribution in [3.8, 4) is 11.3 Å². The number of H-pyrrole nitrogens is 1. The Kier molecular flexibility index (Phi) is 3.96. The van der Waals surface area contributed by atoms with Gasteiger partial charge in [0, 0.05) is 26.3 Å². The van der Waals surface area contributed by atoms with Crippen LogP contribution in [0.15, 0.2) is 107 Å². The summed E-state index contributed by atoms with van der Waals surface area (Å²) in [6.45, 7) is 2.13. The predicted octanol–water partition coefficient (Wildman–Crippen LogP) is 8.08. The topological polar surface area (TPSA) is 19.0 Å². The van der Waals surface area contributed by atoms with E-state index < -0.39 is 0 Å². The summed E-state index contributed by atoms with van der Waals surface area (Å²) < 4.78 is 0. The number of nitrogens with zero attached hydrogens (tertiary/aromatic N) is 1. The molecule has 1 aliphatic heterocycles. The molecule has 6 rings (SSSR count). The zero-order valence-corrected chi connectivity index (χ0v) is 17.4. The first kappa shape index (κ1) is 17.4. The second-order valence-electron chi connectivity index (χ2n) is 7.63. The molecule has 1 aromatic heterocycles. The molecular formula is C27H20N2S. The lowest BCUT2D eigenvalue weighted by atomic mass is 10.1. The minimum atomic E-state index is 1.15. The maximum Gasteiger partial charge on any atom is 0.0797 e. The smallest absolute Gasteiger partial charge is 0.0797 e. The van der Waals surface area contributed by atoms with Gasteiger partial charge in [-0.25, -0.2) is 0 Å². The summed E-state index contributed by atoms with van der Waals surface area (Å²) in [4.78, 5) is 8.68. The van der Waals surface area contributed by atoms with E-state index in [2.05, 4.69) is 114 Å². The summed E-state index contributed by atoms with van der Waals surface area (Å²) in [6, 6.07) is 34.7. The van der Waals surface area contributed by atoms with Gasteiger partial charge in [-0.15, -0.1) is 0 Å². The van der Waals surface area contributed by atoms with Crippen molar-refractivity contribution in [2.45, 2.75) is 16.7 Å². The van der Waals surface area contributed by atoms with Crippen LogP contribution in [0, 0.1) is 6.92 Å². The fourth-order valence-corrected chi connectivity index (χ4v) is 5.29. The molecule has 0 spiro atoms. The van der Waals surface area contributed by atoms with Crippen molar-refractivity contribution in [2.75, 3.05) is 4.90 Å². The highest BCUT2D eigenvalue weighted by Gasteiger charge is 2.28. The van der Waals surface area contributed by atoms with Gasteiger partial charge < -0.3 is 9.88 Å². The maximum absolute atomic E-state index is 3.71. The Morgan fingerprint density at radius 1 is 0.667 bits per heavy atom. The molecule has 5 aromatic rings. The van der Waals surface area contributed by atoms with Gasteiger partial charge in [-0.1, -0.05) is 84.1 Å². The van der Waals surface area contributed by atoms with Crippen LogP contribution >= 0.6 is 11.8 Å². The maximum atomic E-state index is 3.71. The van der Waals surface area contributed by atoms with Gasteiger partial charge in [0.1, 0.15) is 0 Å². The normalized spacial score (nSPS) is 12.6. The zero-order valence-electron chi connectivity index (χ0n) is 16.6. The van der Waals surface area contributed by atoms with Crippen LogP contribution in [0.1, 0.15) is 5.56 Å². The number of aromatic amines is 1. The first-order valence-electron chi connectivity index (χ1n) is 10.1. The number of nitrogens with one attached hydrogen (secondary N) is 1. The Hall–Kier alpha value is -3.43. The predicted molar refractivity (Wildman–Crippen MR) is 127 cm³/mol. The first-order chi connectivity index (χ1) is 14.8. The first-order valence-corrected chi connectivity index (χ1v) is 10.9. The fraction of sp³-hybridized carbons (Fsp3) is 0.0370. The van der Waals surface area contributed by atoms with E-state index in [9.17, 15) is 0 Å². The SMILES string of the molecule is Cc1ccc(-c2[nH]c3ccccc3c2N2c3ccccc3Sc3ccccc32)cc1.